The largest absolute Gasteiger partial charge is 0.396 e. The molecule has 0 atom stereocenters. The second-order valence-electron chi connectivity index (χ2n) is 4.63. The summed E-state index contributed by atoms with van der Waals surface area (Å²) < 4.78 is 0. The van der Waals surface area contributed by atoms with Crippen LogP contribution in [-0.2, 0) is 0 Å². The smallest absolute Gasteiger partial charge is 0.0564 e. The van der Waals surface area contributed by atoms with Crippen molar-refractivity contribution in [2.75, 3.05) is 24.3 Å². The Labute approximate surface area is 128 Å². The van der Waals surface area contributed by atoms with Crippen molar-refractivity contribution < 1.29 is 5.11 Å². The number of nitrogens with zero attached hydrogens (tertiary/aromatic N) is 1. The molecule has 1 aliphatic rings. The van der Waals surface area contributed by atoms with Gasteiger partial charge in [0.05, 0.1) is 11.4 Å². The summed E-state index contributed by atoms with van der Waals surface area (Å²) in [5.74, 6) is 0. The van der Waals surface area contributed by atoms with Gasteiger partial charge in [-0.25, -0.2) is 0 Å². The fourth-order valence-corrected chi connectivity index (χ4v) is 3.92. The summed E-state index contributed by atoms with van der Waals surface area (Å²) in [7, 11) is 0. The average Bonchev–Trinajstić information content (AvgIpc) is 2.51. The maximum absolute atomic E-state index is 9.16. The van der Waals surface area contributed by atoms with Crippen LogP contribution in [0.4, 0.5) is 11.4 Å². The predicted molar refractivity (Wildman–Crippen MR) is 87.5 cm³/mol. The molecule has 0 unspecified atom stereocenters. The zero-order valence-electron chi connectivity index (χ0n) is 11.4. The number of aliphatic hydroxyl groups excluding tert-OH is 1. The predicted octanol–water partition coefficient (Wildman–Crippen LogP) is 4.39. The minimum Gasteiger partial charge on any atom is -0.396 e. The number of fused-ring (bicyclic) bond motifs is 2. The van der Waals surface area contributed by atoms with E-state index in [2.05, 4.69) is 53.6 Å². The third-order valence-corrected chi connectivity index (χ3v) is 5.23. The molecule has 1 N–H and O–H groups in total. The fourth-order valence-electron chi connectivity index (χ4n) is 2.41. The van der Waals surface area contributed by atoms with E-state index in [4.69, 9.17) is 5.11 Å². The van der Waals surface area contributed by atoms with E-state index in [0.29, 0.717) is 0 Å². The van der Waals surface area contributed by atoms with Crippen LogP contribution in [0, 0.1) is 0 Å². The first-order valence-electron chi connectivity index (χ1n) is 6.67. The van der Waals surface area contributed by atoms with Gasteiger partial charge in [0.15, 0.2) is 0 Å². The normalized spacial score (nSPS) is 13.0. The molecule has 1 aliphatic heterocycles. The van der Waals surface area contributed by atoms with Crippen LogP contribution in [0.25, 0.3) is 0 Å². The summed E-state index contributed by atoms with van der Waals surface area (Å²) in [4.78, 5) is 6.18. The molecule has 104 valence electrons. The van der Waals surface area contributed by atoms with Crippen molar-refractivity contribution in [3.8, 4) is 0 Å². The van der Waals surface area contributed by atoms with Crippen molar-refractivity contribution in [3.63, 3.8) is 0 Å². The van der Waals surface area contributed by atoms with Crippen LogP contribution in [0.2, 0.25) is 0 Å². The van der Waals surface area contributed by atoms with Crippen molar-refractivity contribution in [1.29, 1.82) is 0 Å². The maximum Gasteiger partial charge on any atom is 0.0564 e. The Bertz CT molecular complexity index is 615. The van der Waals surface area contributed by atoms with Crippen molar-refractivity contribution >= 4 is 34.9 Å². The SMILES string of the molecule is CSc1ccc2c(c1)N(CCCO)c1ccccc1S2. The summed E-state index contributed by atoms with van der Waals surface area (Å²) >= 11 is 3.59. The van der Waals surface area contributed by atoms with Gasteiger partial charge < -0.3 is 10.0 Å². The third-order valence-electron chi connectivity index (χ3n) is 3.37. The standard InChI is InChI=1S/C16H17NOS2/c1-19-12-7-8-16-14(11-12)17(9-4-10-18)13-5-2-3-6-15(13)20-16/h2-3,5-8,11,18H,4,9-10H2,1H3. The van der Waals surface area contributed by atoms with Crippen LogP contribution in [-0.4, -0.2) is 24.5 Å². The number of benzene rings is 2. The van der Waals surface area contributed by atoms with Crippen LogP contribution < -0.4 is 4.90 Å². The second kappa shape index (κ2) is 6.12. The van der Waals surface area contributed by atoms with Gasteiger partial charge in [0, 0.05) is 27.8 Å². The van der Waals surface area contributed by atoms with Crippen LogP contribution >= 0.6 is 23.5 Å². The Morgan fingerprint density at radius 3 is 2.70 bits per heavy atom. The van der Waals surface area contributed by atoms with E-state index >= 15 is 0 Å². The lowest BCUT2D eigenvalue weighted by Crippen LogP contribution is -2.22. The first kappa shape index (κ1) is 13.9. The van der Waals surface area contributed by atoms with Crippen molar-refractivity contribution in [2.24, 2.45) is 0 Å². The quantitative estimate of drug-likeness (QED) is 0.846. The van der Waals surface area contributed by atoms with Crippen LogP contribution in [0.1, 0.15) is 6.42 Å². The zero-order valence-corrected chi connectivity index (χ0v) is 13.0. The van der Waals surface area contributed by atoms with Gasteiger partial charge in [-0.2, -0.15) is 0 Å². The van der Waals surface area contributed by atoms with E-state index in [-0.39, 0.29) is 6.61 Å². The summed E-state index contributed by atoms with van der Waals surface area (Å²) in [6, 6.07) is 15.1. The molecule has 0 saturated carbocycles. The lowest BCUT2D eigenvalue weighted by molar-refractivity contribution is 0.290. The molecule has 0 aliphatic carbocycles. The molecule has 0 spiro atoms. The molecule has 4 heteroatoms. The molecule has 0 amide bonds. The molecule has 2 aromatic rings. The number of aliphatic hydroxyl groups is 1. The number of hydrogen-bond acceptors (Lipinski definition) is 4. The van der Waals surface area contributed by atoms with Gasteiger partial charge in [0.25, 0.3) is 0 Å². The van der Waals surface area contributed by atoms with Gasteiger partial charge in [-0.1, -0.05) is 23.9 Å². The number of thioether (sulfide) groups is 1. The Morgan fingerprint density at radius 1 is 1.10 bits per heavy atom. The molecule has 0 bridgehead atoms. The summed E-state index contributed by atoms with van der Waals surface area (Å²) in [5.41, 5.74) is 2.51. The van der Waals surface area contributed by atoms with Crippen molar-refractivity contribution in [2.45, 2.75) is 21.1 Å². The zero-order chi connectivity index (χ0) is 13.9. The number of rotatable bonds is 4. The van der Waals surface area contributed by atoms with Gasteiger partial charge in [0.1, 0.15) is 0 Å². The van der Waals surface area contributed by atoms with E-state index in [1.54, 1.807) is 11.8 Å². The van der Waals surface area contributed by atoms with Gasteiger partial charge in [-0.15, -0.1) is 11.8 Å². The minimum absolute atomic E-state index is 0.226. The lowest BCUT2D eigenvalue weighted by atomic mass is 10.2. The molecule has 0 saturated heterocycles. The summed E-state index contributed by atoms with van der Waals surface area (Å²) in [6.07, 6.45) is 2.88. The molecule has 2 aromatic carbocycles. The highest BCUT2D eigenvalue weighted by molar-refractivity contribution is 8.00. The van der Waals surface area contributed by atoms with Gasteiger partial charge in [-0.05, 0) is 43.0 Å². The van der Waals surface area contributed by atoms with Crippen molar-refractivity contribution in [3.05, 3.63) is 42.5 Å². The average molecular weight is 303 g/mol. The monoisotopic (exact) mass is 303 g/mol. The van der Waals surface area contributed by atoms with E-state index in [9.17, 15) is 0 Å². The molecular weight excluding hydrogens is 286 g/mol. The van der Waals surface area contributed by atoms with Gasteiger partial charge in [-0.3, -0.25) is 0 Å². The molecule has 20 heavy (non-hydrogen) atoms. The molecule has 0 fully saturated rings. The van der Waals surface area contributed by atoms with Gasteiger partial charge >= 0.3 is 0 Å². The Hall–Kier alpha value is -1.10. The van der Waals surface area contributed by atoms with Crippen LogP contribution in [0.5, 0.6) is 0 Å². The van der Waals surface area contributed by atoms with E-state index in [1.807, 2.05) is 11.8 Å². The summed E-state index contributed by atoms with van der Waals surface area (Å²) in [6.45, 7) is 1.07. The highest BCUT2D eigenvalue weighted by Gasteiger charge is 2.22. The number of hydrogen-bond donors (Lipinski definition) is 1. The van der Waals surface area contributed by atoms with E-state index < -0.39 is 0 Å². The number of para-hydroxylation sites is 1. The topological polar surface area (TPSA) is 23.5 Å². The summed E-state index contributed by atoms with van der Waals surface area (Å²) in [5, 5.41) is 9.16. The first-order chi connectivity index (χ1) is 9.83. The Kier molecular flexibility index (Phi) is 4.24. The molecule has 1 heterocycles. The van der Waals surface area contributed by atoms with Gasteiger partial charge in [0.2, 0.25) is 0 Å². The highest BCUT2D eigenvalue weighted by Crippen LogP contribution is 2.48. The number of anilines is 2. The molecular formula is C16H17NOS2. The molecule has 2 nitrogen and oxygen atoms in total. The third kappa shape index (κ3) is 2.55. The highest BCUT2D eigenvalue weighted by atomic mass is 32.2. The molecule has 3 rings (SSSR count). The molecule has 0 aromatic heterocycles. The lowest BCUT2D eigenvalue weighted by Gasteiger charge is -2.33. The van der Waals surface area contributed by atoms with Crippen LogP contribution in [0.3, 0.4) is 0 Å². The maximum atomic E-state index is 9.16. The Balaban J connectivity index is 2.06. The minimum atomic E-state index is 0.226. The van der Waals surface area contributed by atoms with E-state index in [0.717, 1.165) is 13.0 Å². The van der Waals surface area contributed by atoms with E-state index in [1.165, 1.54) is 26.1 Å². The molecule has 0 radical (unpaired) electrons. The van der Waals surface area contributed by atoms with Crippen LogP contribution in [0.15, 0.2) is 57.2 Å². The Morgan fingerprint density at radius 2 is 1.90 bits per heavy atom. The fraction of sp³-hybridized carbons (Fsp3) is 0.250. The van der Waals surface area contributed by atoms with Crippen molar-refractivity contribution in [1.82, 2.24) is 0 Å². The second-order valence-corrected chi connectivity index (χ2v) is 6.60. The first-order valence-corrected chi connectivity index (χ1v) is 8.71.